The molecule has 0 atom stereocenters. The van der Waals surface area contributed by atoms with Crippen molar-refractivity contribution in [2.45, 2.75) is 12.6 Å². The fourth-order valence-corrected chi connectivity index (χ4v) is 2.58. The second-order valence-corrected chi connectivity index (χ2v) is 6.30. The zero-order valence-corrected chi connectivity index (χ0v) is 15.6. The summed E-state index contributed by atoms with van der Waals surface area (Å²) >= 11 is 0. The molecule has 31 heavy (non-hydrogen) atoms. The Kier molecular flexibility index (Phi) is 6.37. The average Bonchev–Trinajstić information content (AvgIpc) is 3.09. The lowest BCUT2D eigenvalue weighted by Crippen LogP contribution is -2.36. The first-order valence-electron chi connectivity index (χ1n) is 8.86. The summed E-state index contributed by atoms with van der Waals surface area (Å²) in [6.07, 6.45) is -2.05. The summed E-state index contributed by atoms with van der Waals surface area (Å²) < 4.78 is 69.1. The van der Waals surface area contributed by atoms with Gasteiger partial charge in [0.15, 0.2) is 11.6 Å². The fraction of sp³-hybridized carbons (Fsp3) is 0.211. The number of carbonyl (C=O) groups excluding carboxylic acids is 2. The summed E-state index contributed by atoms with van der Waals surface area (Å²) in [7, 11) is 0. The second-order valence-electron chi connectivity index (χ2n) is 6.30. The topological polar surface area (TPSA) is 96.1 Å². The maximum atomic E-state index is 13.4. The number of rotatable bonds is 6. The summed E-state index contributed by atoms with van der Waals surface area (Å²) in [5.74, 6) is -4.01. The van der Waals surface area contributed by atoms with Crippen LogP contribution in [0.2, 0.25) is 0 Å². The van der Waals surface area contributed by atoms with E-state index in [-0.39, 0.29) is 41.9 Å². The highest BCUT2D eigenvalue weighted by molar-refractivity contribution is 6.40. The molecule has 1 aromatic carbocycles. The molecule has 0 saturated carbocycles. The van der Waals surface area contributed by atoms with Crippen LogP contribution in [0.4, 0.5) is 27.6 Å². The predicted octanol–water partition coefficient (Wildman–Crippen LogP) is 3.38. The maximum absolute atomic E-state index is 13.4. The van der Waals surface area contributed by atoms with Gasteiger partial charge >= 0.3 is 18.0 Å². The van der Waals surface area contributed by atoms with Crippen molar-refractivity contribution >= 4 is 28.4 Å². The Labute approximate surface area is 171 Å². The molecule has 3 rings (SSSR count). The van der Waals surface area contributed by atoms with E-state index in [2.05, 4.69) is 20.6 Å². The third-order valence-corrected chi connectivity index (χ3v) is 4.08. The third kappa shape index (κ3) is 5.47. The lowest BCUT2D eigenvalue weighted by atomic mass is 10.2. The number of aromatic nitrogens is 2. The molecule has 2 heterocycles. The van der Waals surface area contributed by atoms with Crippen molar-refractivity contribution in [3.05, 3.63) is 54.0 Å². The number of amides is 2. The molecule has 7 nitrogen and oxygen atoms in total. The van der Waals surface area contributed by atoms with Crippen LogP contribution < -0.4 is 15.4 Å². The standard InChI is InChI=1S/C19H15F5N4O3/c20-12-6-11-14(7-13(12)21)26-9-15(11)28-18(30)17(29)25-4-1-5-31-10-2-3-16(27-8-10)19(22,23)24/h2-3,6-9,26H,1,4-5H2,(H,25,29)(H,28,30). The number of nitrogens with zero attached hydrogens (tertiary/aromatic N) is 1. The van der Waals surface area contributed by atoms with E-state index < -0.39 is 35.3 Å². The number of ether oxygens (including phenoxy) is 1. The van der Waals surface area contributed by atoms with Gasteiger partial charge in [-0.1, -0.05) is 0 Å². The van der Waals surface area contributed by atoms with Crippen LogP contribution in [0.25, 0.3) is 10.9 Å². The average molecular weight is 442 g/mol. The molecule has 0 aliphatic heterocycles. The Morgan fingerprint density at radius 1 is 1.10 bits per heavy atom. The largest absolute Gasteiger partial charge is 0.492 e. The minimum atomic E-state index is -4.54. The number of carbonyl (C=O) groups is 2. The number of aromatic amines is 1. The van der Waals surface area contributed by atoms with Crippen LogP contribution in [0.3, 0.4) is 0 Å². The molecular formula is C19H15F5N4O3. The molecule has 2 amide bonds. The van der Waals surface area contributed by atoms with Gasteiger partial charge < -0.3 is 20.4 Å². The van der Waals surface area contributed by atoms with Crippen LogP contribution in [0, 0.1) is 11.6 Å². The van der Waals surface area contributed by atoms with Crippen LogP contribution in [-0.2, 0) is 15.8 Å². The molecule has 0 saturated heterocycles. The summed E-state index contributed by atoms with van der Waals surface area (Å²) in [6, 6.07) is 3.72. The number of fused-ring (bicyclic) bond motifs is 1. The van der Waals surface area contributed by atoms with Gasteiger partial charge in [0.05, 0.1) is 24.0 Å². The van der Waals surface area contributed by atoms with E-state index in [1.54, 1.807) is 0 Å². The van der Waals surface area contributed by atoms with E-state index in [1.165, 1.54) is 6.20 Å². The van der Waals surface area contributed by atoms with Gasteiger partial charge in [-0.2, -0.15) is 13.2 Å². The quantitative estimate of drug-likeness (QED) is 0.310. The van der Waals surface area contributed by atoms with E-state index >= 15 is 0 Å². The van der Waals surface area contributed by atoms with Crippen molar-refractivity contribution in [1.82, 2.24) is 15.3 Å². The molecule has 2 aromatic heterocycles. The second kappa shape index (κ2) is 8.98. The Morgan fingerprint density at radius 2 is 1.84 bits per heavy atom. The zero-order valence-electron chi connectivity index (χ0n) is 15.6. The third-order valence-electron chi connectivity index (χ3n) is 4.08. The molecule has 3 N–H and O–H groups in total. The van der Waals surface area contributed by atoms with Gasteiger partial charge in [0.1, 0.15) is 11.4 Å². The monoisotopic (exact) mass is 442 g/mol. The molecule has 3 aromatic rings. The van der Waals surface area contributed by atoms with Crippen LogP contribution in [0.15, 0.2) is 36.7 Å². The number of alkyl halides is 3. The van der Waals surface area contributed by atoms with Crippen molar-refractivity contribution in [3.63, 3.8) is 0 Å². The number of nitrogens with one attached hydrogen (secondary N) is 3. The van der Waals surface area contributed by atoms with Gasteiger partial charge in [-0.3, -0.25) is 9.59 Å². The molecule has 0 spiro atoms. The molecule has 0 aliphatic rings. The van der Waals surface area contributed by atoms with Gasteiger partial charge in [0, 0.05) is 24.2 Å². The summed E-state index contributed by atoms with van der Waals surface area (Å²) in [6.45, 7) is 0.107. The molecule has 0 unspecified atom stereocenters. The smallest absolute Gasteiger partial charge is 0.433 e. The van der Waals surface area contributed by atoms with Crippen molar-refractivity contribution in [2.24, 2.45) is 0 Å². The van der Waals surface area contributed by atoms with E-state index in [1.807, 2.05) is 0 Å². The number of pyridine rings is 1. The number of benzene rings is 1. The Morgan fingerprint density at radius 3 is 2.52 bits per heavy atom. The number of hydrogen-bond acceptors (Lipinski definition) is 4. The predicted molar refractivity (Wildman–Crippen MR) is 99.2 cm³/mol. The van der Waals surface area contributed by atoms with Crippen LogP contribution in [-0.4, -0.2) is 34.9 Å². The summed E-state index contributed by atoms with van der Waals surface area (Å²) in [4.78, 5) is 29.7. The Balaban J connectivity index is 1.43. The number of halogens is 5. The van der Waals surface area contributed by atoms with Crippen molar-refractivity contribution < 1.29 is 36.3 Å². The van der Waals surface area contributed by atoms with Gasteiger partial charge in [-0.05, 0) is 24.6 Å². The molecule has 0 radical (unpaired) electrons. The van der Waals surface area contributed by atoms with Crippen LogP contribution in [0.1, 0.15) is 12.1 Å². The van der Waals surface area contributed by atoms with Gasteiger partial charge in [-0.15, -0.1) is 0 Å². The number of anilines is 1. The highest BCUT2D eigenvalue weighted by Crippen LogP contribution is 2.28. The van der Waals surface area contributed by atoms with E-state index in [4.69, 9.17) is 4.74 Å². The fourth-order valence-electron chi connectivity index (χ4n) is 2.58. The molecule has 12 heteroatoms. The van der Waals surface area contributed by atoms with E-state index in [0.717, 1.165) is 30.5 Å². The lowest BCUT2D eigenvalue weighted by Gasteiger charge is -2.09. The van der Waals surface area contributed by atoms with E-state index in [9.17, 15) is 31.5 Å². The minimum Gasteiger partial charge on any atom is -0.492 e. The summed E-state index contributed by atoms with van der Waals surface area (Å²) in [5, 5.41) is 4.83. The molecule has 164 valence electrons. The van der Waals surface area contributed by atoms with Crippen LogP contribution in [0.5, 0.6) is 5.75 Å². The van der Waals surface area contributed by atoms with Gasteiger partial charge in [0.25, 0.3) is 0 Å². The maximum Gasteiger partial charge on any atom is 0.433 e. The first-order chi connectivity index (χ1) is 14.6. The Hall–Kier alpha value is -3.70. The van der Waals surface area contributed by atoms with Crippen molar-refractivity contribution in [1.29, 1.82) is 0 Å². The van der Waals surface area contributed by atoms with Crippen molar-refractivity contribution in [2.75, 3.05) is 18.5 Å². The normalized spacial score (nSPS) is 11.4. The van der Waals surface area contributed by atoms with Crippen LogP contribution >= 0.6 is 0 Å². The molecule has 0 aliphatic carbocycles. The first kappa shape index (κ1) is 22.0. The summed E-state index contributed by atoms with van der Waals surface area (Å²) in [5.41, 5.74) is -0.696. The highest BCUT2D eigenvalue weighted by atomic mass is 19.4. The Bertz CT molecular complexity index is 1100. The lowest BCUT2D eigenvalue weighted by molar-refractivity contribution is -0.141. The zero-order chi connectivity index (χ0) is 22.6. The minimum absolute atomic E-state index is 0.0496. The molecule has 0 bridgehead atoms. The molecule has 0 fully saturated rings. The SMILES string of the molecule is O=C(NCCCOc1ccc(C(F)(F)F)nc1)C(=O)Nc1c[nH]c2cc(F)c(F)cc12. The number of hydrogen-bond donors (Lipinski definition) is 3. The van der Waals surface area contributed by atoms with E-state index in [0.29, 0.717) is 0 Å². The highest BCUT2D eigenvalue weighted by Gasteiger charge is 2.32. The van der Waals surface area contributed by atoms with Gasteiger partial charge in [0.2, 0.25) is 0 Å². The van der Waals surface area contributed by atoms with Gasteiger partial charge in [-0.25, -0.2) is 13.8 Å². The first-order valence-corrected chi connectivity index (χ1v) is 8.86. The molecular weight excluding hydrogens is 427 g/mol. The van der Waals surface area contributed by atoms with Crippen molar-refractivity contribution in [3.8, 4) is 5.75 Å². The number of H-pyrrole nitrogens is 1.